The Labute approximate surface area is 194 Å². The Bertz CT molecular complexity index is 896. The molecular formula is C22H30N6O3S. The Balaban J connectivity index is 1.44. The molecule has 9 nitrogen and oxygen atoms in total. The van der Waals surface area contributed by atoms with Crippen LogP contribution < -0.4 is 14.4 Å². The maximum Gasteiger partial charge on any atom is 0.416 e. The van der Waals surface area contributed by atoms with E-state index in [1.54, 1.807) is 23.2 Å². The number of thiol groups is 1. The highest BCUT2D eigenvalue weighted by atomic mass is 32.1. The lowest BCUT2D eigenvalue weighted by molar-refractivity contribution is 0.110. The van der Waals surface area contributed by atoms with E-state index in [0.717, 1.165) is 30.4 Å². The first kappa shape index (κ1) is 23.8. The summed E-state index contributed by atoms with van der Waals surface area (Å²) < 4.78 is 6.56. The fourth-order valence-corrected chi connectivity index (χ4v) is 3.36. The van der Waals surface area contributed by atoms with Gasteiger partial charge in [-0.1, -0.05) is 18.9 Å². The molecule has 0 radical (unpaired) electrons. The van der Waals surface area contributed by atoms with E-state index in [1.807, 2.05) is 33.0 Å². The summed E-state index contributed by atoms with van der Waals surface area (Å²) in [6.45, 7) is 9.36. The van der Waals surface area contributed by atoms with Crippen LogP contribution in [-0.2, 0) is 6.42 Å². The van der Waals surface area contributed by atoms with Gasteiger partial charge in [-0.3, -0.25) is 9.88 Å². The number of urea groups is 1. The molecule has 1 saturated heterocycles. The largest absolute Gasteiger partial charge is 0.416 e. The van der Waals surface area contributed by atoms with Gasteiger partial charge in [0.2, 0.25) is 5.88 Å². The van der Waals surface area contributed by atoms with Gasteiger partial charge in [-0.2, -0.15) is 0 Å². The van der Waals surface area contributed by atoms with Crippen molar-refractivity contribution >= 4 is 30.6 Å². The van der Waals surface area contributed by atoms with Crippen molar-refractivity contribution in [2.45, 2.75) is 32.7 Å². The van der Waals surface area contributed by atoms with Crippen LogP contribution in [0.1, 0.15) is 26.3 Å². The van der Waals surface area contributed by atoms with Gasteiger partial charge in [0, 0.05) is 56.7 Å². The number of hydrogen-bond donors (Lipinski definition) is 2. The van der Waals surface area contributed by atoms with Gasteiger partial charge in [0.15, 0.2) is 0 Å². The second-order valence-corrected chi connectivity index (χ2v) is 9.05. The first-order valence-corrected chi connectivity index (χ1v) is 11.0. The number of nitrogens with one attached hydrogen (secondary N) is 1. The van der Waals surface area contributed by atoms with Gasteiger partial charge in [-0.25, -0.2) is 18.9 Å². The van der Waals surface area contributed by atoms with Crippen molar-refractivity contribution in [3.63, 3.8) is 0 Å². The number of carbonyl (C=O) groups is 2. The third-order valence-electron chi connectivity index (χ3n) is 4.90. The predicted octanol–water partition coefficient (Wildman–Crippen LogP) is 3.00. The summed E-state index contributed by atoms with van der Waals surface area (Å²) in [5, 5.41) is 2.81. The smallest absolute Gasteiger partial charge is 0.391 e. The number of anilines is 1. The number of ether oxygens (including phenoxy) is 1. The predicted molar refractivity (Wildman–Crippen MR) is 126 cm³/mol. The summed E-state index contributed by atoms with van der Waals surface area (Å²) >= 11 is 4.22. The number of nitrogens with zero attached hydrogens (tertiary/aromatic N) is 5. The van der Waals surface area contributed by atoms with Crippen LogP contribution in [0.2, 0.25) is 0 Å². The van der Waals surface area contributed by atoms with E-state index in [1.165, 1.54) is 11.8 Å². The number of piperazine rings is 1. The lowest BCUT2D eigenvalue weighted by Gasteiger charge is -2.33. The highest BCUT2D eigenvalue weighted by Crippen LogP contribution is 2.19. The zero-order valence-electron chi connectivity index (χ0n) is 18.7. The molecule has 0 aliphatic carbocycles. The van der Waals surface area contributed by atoms with Crippen LogP contribution >= 0.6 is 12.8 Å². The normalized spacial score (nSPS) is 14.7. The number of carbonyl (C=O) groups excluding carboxylic acids is 2. The average Bonchev–Trinajstić information content (AvgIpc) is 2.77. The van der Waals surface area contributed by atoms with Crippen molar-refractivity contribution in [2.24, 2.45) is 0 Å². The second-order valence-electron chi connectivity index (χ2n) is 8.65. The Kier molecular flexibility index (Phi) is 7.92. The van der Waals surface area contributed by atoms with Crippen molar-refractivity contribution in [2.75, 3.05) is 37.0 Å². The molecule has 172 valence electrons. The molecule has 1 aliphatic heterocycles. The summed E-state index contributed by atoms with van der Waals surface area (Å²) in [7, 11) is 0. The standard InChI is InChI=1S/C22H30N6O3S/c1-22(2,3)25-20(29)28(32)18-6-7-19(24-16-18)31-21(30)27-13-11-26(12-14-27)10-8-17-5-4-9-23-15-17/h4-7,9,15-16,32H,8,10-14H2,1-3H3,(H,25,29). The molecule has 3 amide bonds. The van der Waals surface area contributed by atoms with Crippen LogP contribution in [0.15, 0.2) is 42.9 Å². The molecule has 1 aliphatic rings. The minimum atomic E-state index is -0.426. The van der Waals surface area contributed by atoms with Crippen LogP contribution in [0, 0.1) is 0 Å². The van der Waals surface area contributed by atoms with Gasteiger partial charge in [0.05, 0.1) is 11.9 Å². The minimum absolute atomic E-state index is 0.177. The average molecular weight is 459 g/mol. The van der Waals surface area contributed by atoms with Gasteiger partial charge in [-0.15, -0.1) is 0 Å². The van der Waals surface area contributed by atoms with Crippen LogP contribution in [-0.4, -0.2) is 70.2 Å². The van der Waals surface area contributed by atoms with E-state index in [-0.39, 0.29) is 17.5 Å². The van der Waals surface area contributed by atoms with Crippen molar-refractivity contribution in [1.82, 2.24) is 25.1 Å². The zero-order valence-corrected chi connectivity index (χ0v) is 19.6. The first-order valence-electron chi connectivity index (χ1n) is 10.6. The molecule has 0 bridgehead atoms. The Hall–Kier alpha value is -2.85. The summed E-state index contributed by atoms with van der Waals surface area (Å²) in [6, 6.07) is 6.82. The highest BCUT2D eigenvalue weighted by Gasteiger charge is 2.23. The summed E-state index contributed by atoms with van der Waals surface area (Å²) in [5.41, 5.74) is 1.29. The molecule has 2 aromatic rings. The first-order chi connectivity index (χ1) is 15.2. The maximum atomic E-state index is 12.5. The molecule has 0 saturated carbocycles. The molecule has 2 aromatic heterocycles. The Morgan fingerprint density at radius 1 is 1.16 bits per heavy atom. The summed E-state index contributed by atoms with van der Waals surface area (Å²) in [6.07, 6.45) is 5.61. The Morgan fingerprint density at radius 3 is 2.50 bits per heavy atom. The third-order valence-corrected chi connectivity index (χ3v) is 5.31. The molecule has 10 heteroatoms. The van der Waals surface area contributed by atoms with Gasteiger partial charge in [0.1, 0.15) is 0 Å². The van der Waals surface area contributed by atoms with Crippen LogP contribution in [0.4, 0.5) is 15.3 Å². The van der Waals surface area contributed by atoms with Crippen molar-refractivity contribution in [3.05, 3.63) is 48.4 Å². The molecule has 0 aromatic carbocycles. The fraction of sp³-hybridized carbons (Fsp3) is 0.455. The van der Waals surface area contributed by atoms with Crippen molar-refractivity contribution < 1.29 is 14.3 Å². The monoisotopic (exact) mass is 458 g/mol. The van der Waals surface area contributed by atoms with E-state index < -0.39 is 6.09 Å². The molecule has 0 spiro atoms. The third kappa shape index (κ3) is 7.10. The van der Waals surface area contributed by atoms with Crippen LogP contribution in [0.25, 0.3) is 0 Å². The van der Waals surface area contributed by atoms with E-state index >= 15 is 0 Å². The van der Waals surface area contributed by atoms with E-state index in [0.29, 0.717) is 18.8 Å². The molecule has 0 atom stereocenters. The van der Waals surface area contributed by atoms with Gasteiger partial charge >= 0.3 is 12.1 Å². The molecule has 1 fully saturated rings. The number of rotatable bonds is 5. The molecule has 32 heavy (non-hydrogen) atoms. The lowest BCUT2D eigenvalue weighted by Crippen LogP contribution is -2.50. The van der Waals surface area contributed by atoms with E-state index in [2.05, 4.69) is 39.1 Å². The topological polar surface area (TPSA) is 90.9 Å². The maximum absolute atomic E-state index is 12.5. The molecule has 0 unspecified atom stereocenters. The highest BCUT2D eigenvalue weighted by molar-refractivity contribution is 7.82. The van der Waals surface area contributed by atoms with Crippen molar-refractivity contribution in [1.29, 1.82) is 0 Å². The molecular weight excluding hydrogens is 428 g/mol. The minimum Gasteiger partial charge on any atom is -0.391 e. The summed E-state index contributed by atoms with van der Waals surface area (Å²) in [5.74, 6) is 0.177. The van der Waals surface area contributed by atoms with E-state index in [9.17, 15) is 9.59 Å². The molecule has 1 N–H and O–H groups in total. The number of hydrogen-bond acceptors (Lipinski definition) is 7. The zero-order chi connectivity index (χ0) is 23.1. The molecule has 3 rings (SSSR count). The van der Waals surface area contributed by atoms with Crippen LogP contribution in [0.5, 0.6) is 5.88 Å². The SMILES string of the molecule is CC(C)(C)NC(=O)N(S)c1ccc(OC(=O)N2CCN(CCc3cccnc3)CC2)nc1. The van der Waals surface area contributed by atoms with Gasteiger partial charge in [-0.05, 0) is 44.9 Å². The second kappa shape index (κ2) is 10.6. The summed E-state index contributed by atoms with van der Waals surface area (Å²) in [4.78, 5) is 37.0. The fourth-order valence-electron chi connectivity index (χ4n) is 3.19. The van der Waals surface area contributed by atoms with Crippen molar-refractivity contribution in [3.8, 4) is 5.88 Å². The molecule has 3 heterocycles. The van der Waals surface area contributed by atoms with Crippen LogP contribution in [0.3, 0.4) is 0 Å². The van der Waals surface area contributed by atoms with Gasteiger partial charge in [0.25, 0.3) is 0 Å². The quantitative estimate of drug-likeness (QED) is 0.670. The number of aromatic nitrogens is 2. The number of amides is 3. The van der Waals surface area contributed by atoms with E-state index in [4.69, 9.17) is 4.74 Å². The number of pyridine rings is 2. The van der Waals surface area contributed by atoms with Gasteiger partial charge < -0.3 is 15.0 Å². The Morgan fingerprint density at radius 2 is 1.91 bits per heavy atom. The lowest BCUT2D eigenvalue weighted by atomic mass is 10.1.